The number of aryl methyl sites for hydroxylation is 1. The first-order valence-corrected chi connectivity index (χ1v) is 5.41. The molecule has 1 aromatic rings. The van der Waals surface area contributed by atoms with Crippen LogP contribution in [0.15, 0.2) is 17.2 Å². The van der Waals surface area contributed by atoms with Gasteiger partial charge in [-0.05, 0) is 13.0 Å². The summed E-state index contributed by atoms with van der Waals surface area (Å²) in [6, 6.07) is 0. The van der Waals surface area contributed by atoms with Crippen LogP contribution in [0, 0.1) is 6.92 Å². The molecule has 0 saturated heterocycles. The lowest BCUT2D eigenvalue weighted by Crippen LogP contribution is -2.06. The number of hydrogen-bond donors (Lipinski definition) is 0. The third kappa shape index (κ3) is 2.01. The highest BCUT2D eigenvalue weighted by atomic mass is 32.1. The van der Waals surface area contributed by atoms with Crippen molar-refractivity contribution in [1.82, 2.24) is 4.98 Å². The Bertz CT molecular complexity index is 381. The smallest absolute Gasteiger partial charge is 0.203 e. The van der Waals surface area contributed by atoms with Crippen LogP contribution in [0.2, 0.25) is 0 Å². The van der Waals surface area contributed by atoms with Crippen LogP contribution in [0.1, 0.15) is 17.1 Å². The van der Waals surface area contributed by atoms with E-state index in [0.717, 1.165) is 17.1 Å². The quantitative estimate of drug-likeness (QED) is 0.762. The van der Waals surface area contributed by atoms with E-state index >= 15 is 0 Å². The second-order valence-electron chi connectivity index (χ2n) is 3.19. The van der Waals surface area contributed by atoms with Crippen LogP contribution in [0.25, 0.3) is 0 Å². The molecular formula is C10H11NO2S. The van der Waals surface area contributed by atoms with Crippen LogP contribution >= 0.6 is 11.3 Å². The van der Waals surface area contributed by atoms with E-state index in [1.54, 1.807) is 0 Å². The molecule has 74 valence electrons. The molecular weight excluding hydrogens is 198 g/mol. The zero-order valence-corrected chi connectivity index (χ0v) is 8.76. The van der Waals surface area contributed by atoms with Gasteiger partial charge in [-0.2, -0.15) is 0 Å². The van der Waals surface area contributed by atoms with Gasteiger partial charge in [0.15, 0.2) is 5.76 Å². The predicted molar refractivity (Wildman–Crippen MR) is 54.2 cm³/mol. The number of rotatable bonds is 3. The largest absolute Gasteiger partial charge is 0.490 e. The summed E-state index contributed by atoms with van der Waals surface area (Å²) in [7, 11) is 0. The van der Waals surface area contributed by atoms with E-state index < -0.39 is 0 Å². The molecule has 1 aliphatic rings. The average molecular weight is 209 g/mol. The number of ether oxygens (including phenoxy) is 1. The second-order valence-corrected chi connectivity index (χ2v) is 4.13. The fraction of sp³-hybridized carbons (Fsp3) is 0.400. The van der Waals surface area contributed by atoms with Gasteiger partial charge in [-0.3, -0.25) is 4.79 Å². The Balaban J connectivity index is 2.01. The van der Waals surface area contributed by atoms with Crippen LogP contribution in [0.4, 0.5) is 0 Å². The van der Waals surface area contributed by atoms with E-state index in [4.69, 9.17) is 4.74 Å². The molecule has 0 radical (unpaired) electrons. The Hall–Kier alpha value is -1.16. The van der Waals surface area contributed by atoms with Crippen molar-refractivity contribution < 1.29 is 9.53 Å². The molecule has 0 bridgehead atoms. The van der Waals surface area contributed by atoms with Crippen molar-refractivity contribution in [1.29, 1.82) is 0 Å². The Morgan fingerprint density at radius 3 is 3.14 bits per heavy atom. The van der Waals surface area contributed by atoms with Gasteiger partial charge in [-0.15, -0.1) is 11.3 Å². The molecule has 1 aromatic heterocycles. The van der Waals surface area contributed by atoms with Crippen molar-refractivity contribution in [2.75, 3.05) is 6.61 Å². The lowest BCUT2D eigenvalue weighted by atomic mass is 10.2. The van der Waals surface area contributed by atoms with Crippen molar-refractivity contribution in [3.8, 4) is 0 Å². The summed E-state index contributed by atoms with van der Waals surface area (Å²) < 4.78 is 5.18. The SMILES string of the molecule is Cc1csc(CC(=O)C2=CCCO2)n1. The lowest BCUT2D eigenvalue weighted by Gasteiger charge is -1.99. The zero-order chi connectivity index (χ0) is 9.97. The summed E-state index contributed by atoms with van der Waals surface area (Å²) in [6.45, 7) is 2.56. The summed E-state index contributed by atoms with van der Waals surface area (Å²) in [5.41, 5.74) is 0.971. The van der Waals surface area contributed by atoms with Crippen LogP contribution in [-0.4, -0.2) is 17.4 Å². The maximum Gasteiger partial charge on any atom is 0.203 e. The van der Waals surface area contributed by atoms with Crippen molar-refractivity contribution >= 4 is 17.1 Å². The van der Waals surface area contributed by atoms with Gasteiger partial charge in [-0.1, -0.05) is 0 Å². The molecule has 0 spiro atoms. The third-order valence-corrected chi connectivity index (χ3v) is 2.92. The fourth-order valence-corrected chi connectivity index (χ4v) is 2.09. The van der Waals surface area contributed by atoms with Crippen molar-refractivity contribution in [2.24, 2.45) is 0 Å². The lowest BCUT2D eigenvalue weighted by molar-refractivity contribution is -0.117. The number of carbonyl (C=O) groups is 1. The molecule has 0 fully saturated rings. The highest BCUT2D eigenvalue weighted by Crippen LogP contribution is 2.15. The molecule has 4 heteroatoms. The maximum absolute atomic E-state index is 11.6. The van der Waals surface area contributed by atoms with E-state index in [0.29, 0.717) is 18.8 Å². The van der Waals surface area contributed by atoms with Gasteiger partial charge in [-0.25, -0.2) is 4.98 Å². The monoisotopic (exact) mass is 209 g/mol. The van der Waals surface area contributed by atoms with Crippen LogP contribution in [0.3, 0.4) is 0 Å². The predicted octanol–water partition coefficient (Wildman–Crippen LogP) is 1.87. The number of allylic oxidation sites excluding steroid dienone is 1. The van der Waals surface area contributed by atoms with Gasteiger partial charge in [0, 0.05) is 17.5 Å². The molecule has 0 unspecified atom stereocenters. The molecule has 2 heterocycles. The Labute approximate surface area is 86.4 Å². The molecule has 0 aromatic carbocycles. The summed E-state index contributed by atoms with van der Waals surface area (Å²) in [4.78, 5) is 15.8. The minimum absolute atomic E-state index is 0.0388. The van der Waals surface area contributed by atoms with Crippen LogP contribution < -0.4 is 0 Å². The van der Waals surface area contributed by atoms with E-state index in [1.165, 1.54) is 11.3 Å². The zero-order valence-electron chi connectivity index (χ0n) is 7.95. The third-order valence-electron chi connectivity index (χ3n) is 1.96. The first-order chi connectivity index (χ1) is 6.75. The van der Waals surface area contributed by atoms with Gasteiger partial charge in [0.2, 0.25) is 5.78 Å². The first-order valence-electron chi connectivity index (χ1n) is 4.53. The molecule has 0 saturated carbocycles. The molecule has 2 rings (SSSR count). The van der Waals surface area contributed by atoms with Crippen molar-refractivity contribution in [2.45, 2.75) is 19.8 Å². The fourth-order valence-electron chi connectivity index (χ4n) is 1.32. The highest BCUT2D eigenvalue weighted by molar-refractivity contribution is 7.09. The first kappa shape index (κ1) is 9.40. The van der Waals surface area contributed by atoms with Gasteiger partial charge in [0.05, 0.1) is 13.0 Å². The van der Waals surface area contributed by atoms with E-state index in [-0.39, 0.29) is 5.78 Å². The summed E-state index contributed by atoms with van der Waals surface area (Å²) in [6.07, 6.45) is 3.06. The number of carbonyl (C=O) groups excluding carboxylic acids is 1. The molecule has 14 heavy (non-hydrogen) atoms. The van der Waals surface area contributed by atoms with Crippen LogP contribution in [0.5, 0.6) is 0 Å². The van der Waals surface area contributed by atoms with Crippen molar-refractivity contribution in [3.05, 3.63) is 27.9 Å². The molecule has 0 N–H and O–H groups in total. The Morgan fingerprint density at radius 1 is 1.71 bits per heavy atom. The van der Waals surface area contributed by atoms with Crippen molar-refractivity contribution in [3.63, 3.8) is 0 Å². The van der Waals surface area contributed by atoms with E-state index in [9.17, 15) is 4.79 Å². The summed E-state index contributed by atoms with van der Waals surface area (Å²) in [5.74, 6) is 0.551. The van der Waals surface area contributed by atoms with Gasteiger partial charge in [0.25, 0.3) is 0 Å². The normalized spacial score (nSPS) is 15.1. The summed E-state index contributed by atoms with van der Waals surface area (Å²) >= 11 is 1.52. The molecule has 3 nitrogen and oxygen atoms in total. The maximum atomic E-state index is 11.6. The Kier molecular flexibility index (Phi) is 2.63. The molecule has 0 amide bonds. The van der Waals surface area contributed by atoms with Gasteiger partial charge < -0.3 is 4.74 Å². The molecule has 1 aliphatic heterocycles. The second kappa shape index (κ2) is 3.92. The number of aromatic nitrogens is 1. The molecule has 0 aliphatic carbocycles. The minimum Gasteiger partial charge on any atom is -0.490 e. The van der Waals surface area contributed by atoms with Gasteiger partial charge in [0.1, 0.15) is 5.01 Å². The number of hydrogen-bond acceptors (Lipinski definition) is 4. The highest BCUT2D eigenvalue weighted by Gasteiger charge is 2.16. The number of nitrogens with zero attached hydrogens (tertiary/aromatic N) is 1. The molecule has 0 atom stereocenters. The van der Waals surface area contributed by atoms with Crippen LogP contribution in [-0.2, 0) is 16.0 Å². The van der Waals surface area contributed by atoms with E-state index in [1.807, 2.05) is 18.4 Å². The minimum atomic E-state index is 0.0388. The van der Waals surface area contributed by atoms with E-state index in [2.05, 4.69) is 4.98 Å². The topological polar surface area (TPSA) is 39.2 Å². The number of ketones is 1. The summed E-state index contributed by atoms with van der Waals surface area (Å²) in [5, 5.41) is 2.82. The number of thiazole rings is 1. The average Bonchev–Trinajstić information content (AvgIpc) is 2.75. The van der Waals surface area contributed by atoms with Gasteiger partial charge >= 0.3 is 0 Å². The standard InChI is InChI=1S/C10H11NO2S/c1-7-6-14-10(11-7)5-8(12)9-3-2-4-13-9/h3,6H,2,4-5H2,1H3. The Morgan fingerprint density at radius 2 is 2.57 bits per heavy atom. The number of Topliss-reactive ketones (excluding diaryl/α,β-unsaturated/α-hetero) is 1.